The number of hydrogen-bond acceptors (Lipinski definition) is 4. The Labute approximate surface area is 125 Å². The molecule has 0 aliphatic carbocycles. The summed E-state index contributed by atoms with van der Waals surface area (Å²) in [5.74, 6) is 1.02. The van der Waals surface area contributed by atoms with Crippen LogP contribution in [0.4, 0.5) is 0 Å². The zero-order valence-corrected chi connectivity index (χ0v) is 14.2. The van der Waals surface area contributed by atoms with E-state index in [1.165, 1.54) is 0 Å². The lowest BCUT2D eigenvalue weighted by Crippen LogP contribution is -2.46. The number of ether oxygens (including phenoxy) is 1. The lowest BCUT2D eigenvalue weighted by molar-refractivity contribution is -0.149. The Morgan fingerprint density at radius 2 is 1.70 bits per heavy atom. The van der Waals surface area contributed by atoms with Crippen LogP contribution in [0.25, 0.3) is 0 Å². The fourth-order valence-corrected chi connectivity index (χ4v) is 2.36. The Morgan fingerprint density at radius 1 is 1.20 bits per heavy atom. The van der Waals surface area contributed by atoms with E-state index in [9.17, 15) is 4.79 Å². The van der Waals surface area contributed by atoms with E-state index >= 15 is 0 Å². The number of rotatable bonds is 10. The zero-order chi connectivity index (χ0) is 15.8. The van der Waals surface area contributed by atoms with Gasteiger partial charge in [0.15, 0.2) is 0 Å². The van der Waals surface area contributed by atoms with Crippen LogP contribution in [0.1, 0.15) is 54.4 Å². The van der Waals surface area contributed by atoms with Gasteiger partial charge in [0, 0.05) is 13.1 Å². The van der Waals surface area contributed by atoms with Crippen LogP contribution < -0.4 is 5.73 Å². The van der Waals surface area contributed by atoms with Crippen LogP contribution in [0.15, 0.2) is 0 Å². The van der Waals surface area contributed by atoms with Crippen molar-refractivity contribution in [3.8, 4) is 0 Å². The average molecular weight is 286 g/mol. The van der Waals surface area contributed by atoms with E-state index in [2.05, 4.69) is 32.6 Å². The van der Waals surface area contributed by atoms with Gasteiger partial charge in [0.1, 0.15) is 5.54 Å². The molecule has 0 aromatic heterocycles. The second kappa shape index (κ2) is 9.35. The Morgan fingerprint density at radius 3 is 2.10 bits per heavy atom. The molecule has 1 unspecified atom stereocenters. The lowest BCUT2D eigenvalue weighted by atomic mass is 9.97. The van der Waals surface area contributed by atoms with E-state index in [-0.39, 0.29) is 5.97 Å². The molecule has 0 rings (SSSR count). The number of nitrogens with zero attached hydrogens (tertiary/aromatic N) is 1. The molecule has 0 bridgehead atoms. The average Bonchev–Trinajstić information content (AvgIpc) is 2.27. The largest absolute Gasteiger partial charge is 0.465 e. The maximum atomic E-state index is 11.7. The molecule has 0 saturated carbocycles. The van der Waals surface area contributed by atoms with Crippen molar-refractivity contribution >= 4 is 5.97 Å². The van der Waals surface area contributed by atoms with E-state index in [1.54, 1.807) is 13.8 Å². The molecule has 0 heterocycles. The van der Waals surface area contributed by atoms with E-state index in [1.807, 2.05) is 0 Å². The molecule has 0 aliphatic heterocycles. The van der Waals surface area contributed by atoms with Crippen LogP contribution in [-0.4, -0.2) is 42.6 Å². The summed E-state index contributed by atoms with van der Waals surface area (Å²) in [4.78, 5) is 14.2. The molecule has 0 aromatic carbocycles. The first-order valence-electron chi connectivity index (χ1n) is 7.87. The van der Waals surface area contributed by atoms with Crippen LogP contribution >= 0.6 is 0 Å². The minimum atomic E-state index is -0.864. The molecule has 0 aliphatic rings. The molecule has 2 N–H and O–H groups in total. The van der Waals surface area contributed by atoms with Gasteiger partial charge in [0.2, 0.25) is 0 Å². The van der Waals surface area contributed by atoms with Gasteiger partial charge in [0.25, 0.3) is 0 Å². The number of hydrogen-bond donors (Lipinski definition) is 1. The summed E-state index contributed by atoms with van der Waals surface area (Å²) in [6, 6.07) is 0. The highest BCUT2D eigenvalue weighted by Gasteiger charge is 2.29. The molecule has 4 heteroatoms. The Bertz CT molecular complexity index is 266. The van der Waals surface area contributed by atoms with Gasteiger partial charge in [0.05, 0.1) is 6.61 Å². The SMILES string of the molecule is CCOC(=O)C(C)(N)CCCN(CC(C)C)CC(C)C. The molecule has 20 heavy (non-hydrogen) atoms. The quantitative estimate of drug-likeness (QED) is 0.627. The van der Waals surface area contributed by atoms with Gasteiger partial charge in [-0.1, -0.05) is 27.7 Å². The van der Waals surface area contributed by atoms with Crippen LogP contribution in [-0.2, 0) is 9.53 Å². The summed E-state index contributed by atoms with van der Waals surface area (Å²) in [5, 5.41) is 0. The monoisotopic (exact) mass is 286 g/mol. The van der Waals surface area contributed by atoms with Crippen molar-refractivity contribution in [1.82, 2.24) is 4.90 Å². The van der Waals surface area contributed by atoms with Crippen molar-refractivity contribution in [3.63, 3.8) is 0 Å². The topological polar surface area (TPSA) is 55.6 Å². The summed E-state index contributed by atoms with van der Waals surface area (Å²) in [5.41, 5.74) is 5.18. The number of carbonyl (C=O) groups is 1. The normalized spacial score (nSPS) is 14.9. The Balaban J connectivity index is 4.24. The molecule has 0 fully saturated rings. The van der Waals surface area contributed by atoms with Crippen LogP contribution in [0.5, 0.6) is 0 Å². The number of carbonyl (C=O) groups excluding carboxylic acids is 1. The highest BCUT2D eigenvalue weighted by Crippen LogP contribution is 2.13. The van der Waals surface area contributed by atoms with Gasteiger partial charge >= 0.3 is 5.97 Å². The lowest BCUT2D eigenvalue weighted by Gasteiger charge is -2.28. The molecule has 0 spiro atoms. The smallest absolute Gasteiger partial charge is 0.325 e. The predicted molar refractivity (Wildman–Crippen MR) is 84.6 cm³/mol. The maximum Gasteiger partial charge on any atom is 0.325 e. The molecule has 0 saturated heterocycles. The third-order valence-electron chi connectivity index (χ3n) is 3.16. The van der Waals surface area contributed by atoms with Crippen LogP contribution in [0, 0.1) is 11.8 Å². The third-order valence-corrected chi connectivity index (χ3v) is 3.16. The first kappa shape index (κ1) is 19.4. The standard InChI is InChI=1S/C16H34N2O2/c1-7-20-15(19)16(6,17)9-8-10-18(11-13(2)3)12-14(4)5/h13-14H,7-12,17H2,1-6H3. The van der Waals surface area contributed by atoms with Crippen molar-refractivity contribution in [3.05, 3.63) is 0 Å². The van der Waals surface area contributed by atoms with Crippen molar-refractivity contribution < 1.29 is 9.53 Å². The van der Waals surface area contributed by atoms with Gasteiger partial charge in [-0.25, -0.2) is 0 Å². The zero-order valence-electron chi connectivity index (χ0n) is 14.2. The number of esters is 1. The summed E-state index contributed by atoms with van der Waals surface area (Å²) in [6.07, 6.45) is 1.59. The predicted octanol–water partition coefficient (Wildman–Crippen LogP) is 2.66. The van der Waals surface area contributed by atoms with E-state index < -0.39 is 5.54 Å². The summed E-state index contributed by atoms with van der Waals surface area (Å²) in [7, 11) is 0. The second-order valence-electron chi connectivity index (χ2n) is 6.79. The van der Waals surface area contributed by atoms with E-state index in [4.69, 9.17) is 10.5 Å². The van der Waals surface area contributed by atoms with Crippen molar-refractivity contribution in [1.29, 1.82) is 0 Å². The molecule has 0 amide bonds. The van der Waals surface area contributed by atoms with E-state index in [0.717, 1.165) is 26.1 Å². The Hall–Kier alpha value is -0.610. The highest BCUT2D eigenvalue weighted by atomic mass is 16.5. The molecule has 120 valence electrons. The van der Waals surface area contributed by atoms with Gasteiger partial charge in [-0.2, -0.15) is 0 Å². The maximum absolute atomic E-state index is 11.7. The fourth-order valence-electron chi connectivity index (χ4n) is 2.36. The summed E-state index contributed by atoms with van der Waals surface area (Å²) < 4.78 is 5.02. The van der Waals surface area contributed by atoms with Gasteiger partial charge in [-0.15, -0.1) is 0 Å². The number of nitrogens with two attached hydrogens (primary N) is 1. The highest BCUT2D eigenvalue weighted by molar-refractivity contribution is 5.79. The van der Waals surface area contributed by atoms with E-state index in [0.29, 0.717) is 24.9 Å². The molecule has 0 radical (unpaired) electrons. The first-order chi connectivity index (χ1) is 9.19. The van der Waals surface area contributed by atoms with Gasteiger partial charge in [-0.3, -0.25) is 4.79 Å². The van der Waals surface area contributed by atoms with Crippen LogP contribution in [0.2, 0.25) is 0 Å². The van der Waals surface area contributed by atoms with Crippen molar-refractivity contribution in [2.45, 2.75) is 59.9 Å². The molecular weight excluding hydrogens is 252 g/mol. The van der Waals surface area contributed by atoms with Crippen LogP contribution in [0.3, 0.4) is 0 Å². The Kier molecular flexibility index (Phi) is 9.06. The molecule has 0 aromatic rings. The van der Waals surface area contributed by atoms with Gasteiger partial charge in [-0.05, 0) is 45.1 Å². The summed E-state index contributed by atoms with van der Waals surface area (Å²) in [6.45, 7) is 16.1. The molecule has 4 nitrogen and oxygen atoms in total. The molecule has 1 atom stereocenters. The first-order valence-corrected chi connectivity index (χ1v) is 7.87. The van der Waals surface area contributed by atoms with Crippen molar-refractivity contribution in [2.24, 2.45) is 17.6 Å². The summed E-state index contributed by atoms with van der Waals surface area (Å²) >= 11 is 0. The third kappa shape index (κ3) is 8.54. The molecular formula is C16H34N2O2. The fraction of sp³-hybridized carbons (Fsp3) is 0.938. The minimum absolute atomic E-state index is 0.292. The second-order valence-corrected chi connectivity index (χ2v) is 6.79. The van der Waals surface area contributed by atoms with Gasteiger partial charge < -0.3 is 15.4 Å². The minimum Gasteiger partial charge on any atom is -0.465 e. The van der Waals surface area contributed by atoms with Crippen molar-refractivity contribution in [2.75, 3.05) is 26.2 Å².